The van der Waals surface area contributed by atoms with Crippen LogP contribution in [0.15, 0.2) is 65.5 Å². The Morgan fingerprint density at radius 3 is 2.24 bits per heavy atom. The first kappa shape index (κ1) is 12.2. The molecular formula is C17H12N2OS. The van der Waals surface area contributed by atoms with E-state index in [1.165, 1.54) is 0 Å². The van der Waals surface area contributed by atoms with Crippen LogP contribution >= 0.6 is 11.3 Å². The van der Waals surface area contributed by atoms with E-state index in [9.17, 15) is 4.79 Å². The van der Waals surface area contributed by atoms with Gasteiger partial charge in [0.2, 0.25) is 0 Å². The topological polar surface area (TPSA) is 48.6 Å². The molecule has 0 amide bonds. The predicted octanol–water partition coefficient (Wildman–Crippen LogP) is 4.30. The molecule has 2 heterocycles. The average Bonchev–Trinajstić information content (AvgIpc) is 2.78. The third-order valence-electron chi connectivity index (χ3n) is 3.47. The minimum atomic E-state index is -0.0671. The van der Waals surface area contributed by atoms with Crippen molar-refractivity contribution in [3.63, 3.8) is 0 Å². The highest BCUT2D eigenvalue weighted by atomic mass is 32.1. The number of aromatic nitrogens is 2. The number of H-pyrrole nitrogens is 2. The zero-order valence-electron chi connectivity index (χ0n) is 11.1. The smallest absolute Gasteiger partial charge is 0.259 e. The molecule has 0 spiro atoms. The highest BCUT2D eigenvalue weighted by Gasteiger charge is 2.09. The SMILES string of the molecule is O=c1[nH]c2ccccccc-2[nH]c2sc3ccccc3c12. The molecule has 0 atom stereocenters. The van der Waals surface area contributed by atoms with Crippen LogP contribution in [0.25, 0.3) is 31.7 Å². The van der Waals surface area contributed by atoms with Gasteiger partial charge < -0.3 is 9.97 Å². The van der Waals surface area contributed by atoms with E-state index in [2.05, 4.69) is 9.97 Å². The number of benzene rings is 1. The Hall–Kier alpha value is -2.59. The summed E-state index contributed by atoms with van der Waals surface area (Å²) in [4.78, 5) is 19.9. The molecule has 0 saturated heterocycles. The van der Waals surface area contributed by atoms with Crippen LogP contribution in [0.1, 0.15) is 0 Å². The number of rotatable bonds is 0. The second-order valence-electron chi connectivity index (χ2n) is 4.81. The molecular weight excluding hydrogens is 280 g/mol. The van der Waals surface area contributed by atoms with Crippen molar-refractivity contribution in [1.82, 2.24) is 9.97 Å². The van der Waals surface area contributed by atoms with Crippen LogP contribution in [0.3, 0.4) is 0 Å². The molecule has 3 nitrogen and oxygen atoms in total. The lowest BCUT2D eigenvalue weighted by molar-refractivity contribution is 1.28. The monoisotopic (exact) mass is 292 g/mol. The number of hydrogen-bond acceptors (Lipinski definition) is 2. The molecule has 4 heteroatoms. The van der Waals surface area contributed by atoms with Crippen molar-refractivity contribution in [1.29, 1.82) is 0 Å². The van der Waals surface area contributed by atoms with Gasteiger partial charge in [-0.2, -0.15) is 0 Å². The molecule has 0 fully saturated rings. The molecule has 0 saturated carbocycles. The third kappa shape index (κ3) is 2.00. The molecule has 21 heavy (non-hydrogen) atoms. The van der Waals surface area contributed by atoms with Crippen molar-refractivity contribution in [2.75, 3.05) is 0 Å². The van der Waals surface area contributed by atoms with Crippen molar-refractivity contribution in [2.24, 2.45) is 0 Å². The van der Waals surface area contributed by atoms with Gasteiger partial charge in [-0.3, -0.25) is 4.79 Å². The summed E-state index contributed by atoms with van der Waals surface area (Å²) in [5.41, 5.74) is 1.62. The molecule has 2 aromatic rings. The lowest BCUT2D eigenvalue weighted by Crippen LogP contribution is -2.01. The Kier molecular flexibility index (Phi) is 2.75. The van der Waals surface area contributed by atoms with Crippen molar-refractivity contribution in [3.8, 4) is 11.4 Å². The van der Waals surface area contributed by atoms with E-state index in [-0.39, 0.29) is 5.56 Å². The molecule has 1 aromatic heterocycles. The first-order valence-corrected chi connectivity index (χ1v) is 7.50. The lowest BCUT2D eigenvalue weighted by atomic mass is 10.2. The molecule has 102 valence electrons. The highest BCUT2D eigenvalue weighted by molar-refractivity contribution is 7.25. The summed E-state index contributed by atoms with van der Waals surface area (Å²) in [5, 5.41) is 1.71. The van der Waals surface area contributed by atoms with E-state index in [0.717, 1.165) is 31.7 Å². The second-order valence-corrected chi connectivity index (χ2v) is 5.86. The van der Waals surface area contributed by atoms with Crippen molar-refractivity contribution < 1.29 is 0 Å². The minimum Gasteiger partial charge on any atom is -0.345 e. The molecule has 4 rings (SSSR count). The van der Waals surface area contributed by atoms with Crippen LogP contribution in [-0.2, 0) is 0 Å². The maximum Gasteiger partial charge on any atom is 0.259 e. The van der Waals surface area contributed by atoms with Gasteiger partial charge in [0, 0.05) is 10.1 Å². The van der Waals surface area contributed by atoms with Crippen LogP contribution in [-0.4, -0.2) is 9.97 Å². The third-order valence-corrected chi connectivity index (χ3v) is 4.55. The largest absolute Gasteiger partial charge is 0.345 e. The van der Waals surface area contributed by atoms with E-state index in [4.69, 9.17) is 0 Å². The summed E-state index contributed by atoms with van der Waals surface area (Å²) in [6.45, 7) is 0. The van der Waals surface area contributed by atoms with Crippen molar-refractivity contribution in [2.45, 2.75) is 0 Å². The molecule has 0 bridgehead atoms. The van der Waals surface area contributed by atoms with Crippen LogP contribution in [0.4, 0.5) is 0 Å². The quantitative estimate of drug-likeness (QED) is 0.499. The van der Waals surface area contributed by atoms with Gasteiger partial charge in [-0.1, -0.05) is 42.5 Å². The van der Waals surface area contributed by atoms with Crippen molar-refractivity contribution in [3.05, 3.63) is 71.0 Å². The highest BCUT2D eigenvalue weighted by Crippen LogP contribution is 2.30. The summed E-state index contributed by atoms with van der Waals surface area (Å²) < 4.78 is 1.11. The maximum atomic E-state index is 12.6. The number of nitrogens with one attached hydrogen (secondary N) is 2. The number of fused-ring (bicyclic) bond motifs is 4. The van der Waals surface area contributed by atoms with E-state index in [0.29, 0.717) is 0 Å². The molecule has 0 radical (unpaired) electrons. The van der Waals surface area contributed by atoms with Gasteiger partial charge in [0.15, 0.2) is 0 Å². The summed E-state index contributed by atoms with van der Waals surface area (Å²) in [5.74, 6) is 0. The van der Waals surface area contributed by atoms with Crippen LogP contribution in [0.2, 0.25) is 0 Å². The van der Waals surface area contributed by atoms with Gasteiger partial charge in [-0.05, 0) is 18.2 Å². The summed E-state index contributed by atoms with van der Waals surface area (Å²) >= 11 is 1.60. The van der Waals surface area contributed by atoms with Gasteiger partial charge in [0.05, 0.1) is 16.8 Å². The van der Waals surface area contributed by atoms with Gasteiger partial charge >= 0.3 is 0 Å². The van der Waals surface area contributed by atoms with Crippen LogP contribution < -0.4 is 5.56 Å². The fourth-order valence-corrected chi connectivity index (χ4v) is 3.61. The number of aromatic amines is 2. The zero-order valence-corrected chi connectivity index (χ0v) is 11.9. The maximum absolute atomic E-state index is 12.6. The molecule has 1 aromatic carbocycles. The Labute approximate surface area is 124 Å². The van der Waals surface area contributed by atoms with E-state index in [1.54, 1.807) is 11.3 Å². The second kappa shape index (κ2) is 4.75. The van der Waals surface area contributed by atoms with Gasteiger partial charge in [-0.25, -0.2) is 0 Å². The van der Waals surface area contributed by atoms with E-state index in [1.807, 2.05) is 60.7 Å². The van der Waals surface area contributed by atoms with Gasteiger partial charge in [0.25, 0.3) is 5.56 Å². The first-order valence-electron chi connectivity index (χ1n) is 6.68. The fourth-order valence-electron chi connectivity index (χ4n) is 2.50. The summed E-state index contributed by atoms with van der Waals surface area (Å²) in [6, 6.07) is 19.6. The fraction of sp³-hybridized carbons (Fsp3) is 0. The first-order chi connectivity index (χ1) is 10.3. The van der Waals surface area contributed by atoms with E-state index >= 15 is 0 Å². The Bertz CT molecular complexity index is 1020. The minimum absolute atomic E-state index is 0.0671. The molecule has 1 aliphatic heterocycles. The van der Waals surface area contributed by atoms with E-state index < -0.39 is 0 Å². The summed E-state index contributed by atoms with van der Waals surface area (Å²) in [6.07, 6.45) is 0. The molecule has 2 aliphatic rings. The Balaban J connectivity index is 2.27. The Morgan fingerprint density at radius 1 is 0.762 bits per heavy atom. The normalized spacial score (nSPS) is 11.0. The van der Waals surface area contributed by atoms with Gasteiger partial charge in [-0.15, -0.1) is 11.3 Å². The standard InChI is InChI=1S/C17H12N2OS/c20-16-15-11-7-5-6-10-14(11)21-17(15)19-13-9-4-2-1-3-8-12(13)18-16/h1-10,19H,(H,18,20). The number of thiophene rings is 1. The van der Waals surface area contributed by atoms with Gasteiger partial charge in [0.1, 0.15) is 4.83 Å². The average molecular weight is 292 g/mol. The zero-order chi connectivity index (χ0) is 14.2. The molecule has 0 unspecified atom stereocenters. The lowest BCUT2D eigenvalue weighted by Gasteiger charge is -1.96. The molecule has 2 N–H and O–H groups in total. The predicted molar refractivity (Wildman–Crippen MR) is 88.6 cm³/mol. The van der Waals surface area contributed by atoms with Crippen LogP contribution in [0, 0.1) is 0 Å². The van der Waals surface area contributed by atoms with Crippen LogP contribution in [0.5, 0.6) is 0 Å². The van der Waals surface area contributed by atoms with Crippen molar-refractivity contribution >= 4 is 31.6 Å². The summed E-state index contributed by atoms with van der Waals surface area (Å²) in [7, 11) is 0. The number of hydrogen-bond donors (Lipinski definition) is 2. The molecule has 1 aliphatic carbocycles. The Morgan fingerprint density at radius 2 is 1.43 bits per heavy atom.